The quantitative estimate of drug-likeness (QED) is 0.823. The van der Waals surface area contributed by atoms with Crippen LogP contribution in [0.5, 0.6) is 0 Å². The van der Waals surface area contributed by atoms with Gasteiger partial charge in [-0.15, -0.1) is 0 Å². The van der Waals surface area contributed by atoms with E-state index < -0.39 is 0 Å². The highest BCUT2D eigenvalue weighted by Crippen LogP contribution is 2.26. The van der Waals surface area contributed by atoms with Gasteiger partial charge in [-0.3, -0.25) is 4.90 Å². The molecule has 0 aromatic heterocycles. The van der Waals surface area contributed by atoms with Gasteiger partial charge in [-0.05, 0) is 41.8 Å². The first-order valence-corrected chi connectivity index (χ1v) is 8.52. The molecule has 2 nitrogen and oxygen atoms in total. The van der Waals surface area contributed by atoms with Crippen molar-refractivity contribution in [1.29, 1.82) is 0 Å². The van der Waals surface area contributed by atoms with Crippen LogP contribution >= 0.6 is 0 Å². The minimum Gasteiger partial charge on any atom is -0.316 e. The minimum atomic E-state index is 0.376. The molecule has 1 aliphatic heterocycles. The molecule has 1 aromatic carbocycles. The van der Waals surface area contributed by atoms with Crippen molar-refractivity contribution in [3.63, 3.8) is 0 Å². The summed E-state index contributed by atoms with van der Waals surface area (Å²) in [5.74, 6) is 0.730. The number of nitrogens with one attached hydrogen (secondary N) is 1. The molecule has 118 valence electrons. The summed E-state index contributed by atoms with van der Waals surface area (Å²) in [4.78, 5) is 2.64. The third kappa shape index (κ3) is 4.82. The molecule has 21 heavy (non-hydrogen) atoms. The van der Waals surface area contributed by atoms with Gasteiger partial charge in [0.05, 0.1) is 0 Å². The number of nitrogens with zero attached hydrogens (tertiary/aromatic N) is 1. The number of hydrogen-bond acceptors (Lipinski definition) is 2. The highest BCUT2D eigenvalue weighted by molar-refractivity contribution is 5.29. The summed E-state index contributed by atoms with van der Waals surface area (Å²) in [6, 6.07) is 8.92. The Balaban J connectivity index is 1.90. The van der Waals surface area contributed by atoms with E-state index in [-0.39, 0.29) is 0 Å². The van der Waals surface area contributed by atoms with E-state index in [2.05, 4.69) is 62.2 Å². The van der Waals surface area contributed by atoms with Gasteiger partial charge in [-0.2, -0.15) is 0 Å². The second kappa shape index (κ2) is 7.42. The fourth-order valence-electron chi connectivity index (χ4n) is 3.18. The molecule has 0 radical (unpaired) electrons. The zero-order valence-electron chi connectivity index (χ0n) is 14.3. The van der Waals surface area contributed by atoms with Crippen LogP contribution in [0.15, 0.2) is 24.3 Å². The van der Waals surface area contributed by atoms with E-state index in [4.69, 9.17) is 0 Å². The molecule has 2 heteroatoms. The molecule has 1 aromatic rings. The largest absolute Gasteiger partial charge is 0.316 e. The smallest absolute Gasteiger partial charge is 0.0236 e. The summed E-state index contributed by atoms with van der Waals surface area (Å²) in [6.45, 7) is 15.1. The summed E-state index contributed by atoms with van der Waals surface area (Å²) in [5, 5.41) is 3.66. The highest BCUT2D eigenvalue weighted by atomic mass is 15.1. The Labute approximate surface area is 130 Å². The van der Waals surface area contributed by atoms with Gasteiger partial charge in [-0.25, -0.2) is 0 Å². The van der Waals surface area contributed by atoms with Gasteiger partial charge in [0, 0.05) is 26.2 Å². The molecule has 2 rings (SSSR count). The van der Waals surface area contributed by atoms with Crippen LogP contribution in [-0.4, -0.2) is 31.1 Å². The monoisotopic (exact) mass is 288 g/mol. The molecule has 0 fully saturated rings. The third-order valence-electron chi connectivity index (χ3n) is 4.77. The summed E-state index contributed by atoms with van der Waals surface area (Å²) < 4.78 is 0. The zero-order chi connectivity index (χ0) is 15.3. The molecule has 0 bridgehead atoms. The van der Waals surface area contributed by atoms with Crippen LogP contribution in [-0.2, 0) is 13.0 Å². The van der Waals surface area contributed by atoms with Crippen LogP contribution in [0.3, 0.4) is 0 Å². The molecule has 0 amide bonds. The topological polar surface area (TPSA) is 15.3 Å². The lowest BCUT2D eigenvalue weighted by molar-refractivity contribution is 0.142. The average Bonchev–Trinajstić information content (AvgIpc) is 2.46. The first kappa shape index (κ1) is 16.5. The van der Waals surface area contributed by atoms with E-state index in [1.807, 2.05) is 0 Å². The van der Waals surface area contributed by atoms with Crippen molar-refractivity contribution in [2.75, 3.05) is 26.2 Å². The van der Waals surface area contributed by atoms with Gasteiger partial charge in [0.2, 0.25) is 0 Å². The van der Waals surface area contributed by atoms with Gasteiger partial charge in [0.15, 0.2) is 0 Å². The molecule has 1 aliphatic rings. The average molecular weight is 288 g/mol. The fraction of sp³-hybridized carbons (Fsp3) is 0.684. The first-order valence-electron chi connectivity index (χ1n) is 8.52. The molecule has 0 spiro atoms. The Morgan fingerprint density at radius 3 is 2.62 bits per heavy atom. The van der Waals surface area contributed by atoms with Crippen molar-refractivity contribution in [3.8, 4) is 0 Å². The van der Waals surface area contributed by atoms with E-state index in [1.54, 1.807) is 5.56 Å². The van der Waals surface area contributed by atoms with Gasteiger partial charge in [0.1, 0.15) is 0 Å². The van der Waals surface area contributed by atoms with Crippen LogP contribution in [0, 0.1) is 11.3 Å². The molecular weight excluding hydrogens is 256 g/mol. The summed E-state index contributed by atoms with van der Waals surface area (Å²) in [6.07, 6.45) is 2.44. The molecule has 0 aliphatic carbocycles. The fourth-order valence-corrected chi connectivity index (χ4v) is 3.18. The molecule has 1 unspecified atom stereocenters. The zero-order valence-corrected chi connectivity index (χ0v) is 14.3. The van der Waals surface area contributed by atoms with E-state index in [0.717, 1.165) is 25.6 Å². The number of hydrogen-bond donors (Lipinski definition) is 1. The standard InChI is InChI=1S/C19H32N2/c1-5-19(4,14-20-12-16(2)3)15-21-11-10-17-8-6-7-9-18(17)13-21/h6-9,16,20H,5,10-15H2,1-4H3. The van der Waals surface area contributed by atoms with E-state index in [1.165, 1.54) is 31.5 Å². The normalized spacial score (nSPS) is 18.5. The van der Waals surface area contributed by atoms with Crippen molar-refractivity contribution < 1.29 is 0 Å². The Bertz CT molecular complexity index is 441. The maximum atomic E-state index is 3.66. The molecule has 1 atom stereocenters. The van der Waals surface area contributed by atoms with Crippen molar-refractivity contribution in [2.45, 2.75) is 47.1 Å². The third-order valence-corrected chi connectivity index (χ3v) is 4.77. The van der Waals surface area contributed by atoms with Crippen LogP contribution in [0.2, 0.25) is 0 Å². The second-order valence-electron chi connectivity index (χ2n) is 7.42. The number of fused-ring (bicyclic) bond motifs is 1. The van der Waals surface area contributed by atoms with Gasteiger partial charge in [0.25, 0.3) is 0 Å². The molecular formula is C19H32N2. The Morgan fingerprint density at radius 2 is 1.95 bits per heavy atom. The molecule has 1 heterocycles. The lowest BCUT2D eigenvalue weighted by atomic mass is 9.85. The highest BCUT2D eigenvalue weighted by Gasteiger charge is 2.27. The molecule has 1 N–H and O–H groups in total. The Morgan fingerprint density at radius 1 is 1.24 bits per heavy atom. The van der Waals surface area contributed by atoms with Crippen LogP contribution in [0.4, 0.5) is 0 Å². The molecule has 0 saturated carbocycles. The van der Waals surface area contributed by atoms with Crippen molar-refractivity contribution >= 4 is 0 Å². The van der Waals surface area contributed by atoms with Crippen LogP contribution in [0.1, 0.15) is 45.2 Å². The maximum Gasteiger partial charge on any atom is 0.0236 e. The predicted molar refractivity (Wildman–Crippen MR) is 91.5 cm³/mol. The Hall–Kier alpha value is -0.860. The summed E-state index contributed by atoms with van der Waals surface area (Å²) in [7, 11) is 0. The minimum absolute atomic E-state index is 0.376. The second-order valence-corrected chi connectivity index (χ2v) is 7.42. The van der Waals surface area contributed by atoms with Crippen molar-refractivity contribution in [3.05, 3.63) is 35.4 Å². The SMILES string of the molecule is CCC(C)(CNCC(C)C)CN1CCc2ccccc2C1. The van der Waals surface area contributed by atoms with Crippen molar-refractivity contribution in [1.82, 2.24) is 10.2 Å². The van der Waals surface area contributed by atoms with Crippen LogP contribution < -0.4 is 5.32 Å². The predicted octanol–water partition coefficient (Wildman–Crippen LogP) is 3.71. The maximum absolute atomic E-state index is 3.66. The number of rotatable bonds is 7. The van der Waals surface area contributed by atoms with Gasteiger partial charge in [-0.1, -0.05) is 52.0 Å². The summed E-state index contributed by atoms with van der Waals surface area (Å²) in [5.41, 5.74) is 3.45. The van der Waals surface area contributed by atoms with Crippen LogP contribution in [0.25, 0.3) is 0 Å². The Kier molecular flexibility index (Phi) is 5.83. The number of benzene rings is 1. The molecule has 0 saturated heterocycles. The lowest BCUT2D eigenvalue weighted by Crippen LogP contribution is -2.44. The first-order chi connectivity index (χ1) is 10.0. The van der Waals surface area contributed by atoms with Crippen molar-refractivity contribution in [2.24, 2.45) is 11.3 Å². The van der Waals surface area contributed by atoms with Gasteiger partial charge >= 0.3 is 0 Å². The lowest BCUT2D eigenvalue weighted by Gasteiger charge is -2.37. The van der Waals surface area contributed by atoms with E-state index >= 15 is 0 Å². The van der Waals surface area contributed by atoms with Gasteiger partial charge < -0.3 is 5.32 Å². The summed E-state index contributed by atoms with van der Waals surface area (Å²) >= 11 is 0. The van der Waals surface area contributed by atoms with E-state index in [0.29, 0.717) is 5.41 Å². The van der Waals surface area contributed by atoms with E-state index in [9.17, 15) is 0 Å².